The van der Waals surface area contributed by atoms with Crippen molar-refractivity contribution >= 4 is 0 Å². The summed E-state index contributed by atoms with van der Waals surface area (Å²) < 4.78 is 0. The molecule has 4 bridgehead atoms. The SMILES string of the molecule is OC[C@@H]1CCCN1Cc1cc2ccc1CCc1ccc(cc1)CC2. The highest BCUT2D eigenvalue weighted by Crippen LogP contribution is 2.24. The third-order valence-corrected chi connectivity index (χ3v) is 5.76. The Kier molecular flexibility index (Phi) is 4.68. The van der Waals surface area contributed by atoms with Crippen molar-refractivity contribution in [3.8, 4) is 0 Å². The average molecular weight is 321 g/mol. The standard InChI is InChI=1S/C22H27NO/c24-16-22-2-1-13-23(22)15-21-14-19-8-7-17-3-5-18(6-4-17)9-11-20(21)12-10-19/h3-6,10,12,14,22,24H,1-2,7-9,11,13,15-16H2/t22-/m0/s1. The molecule has 0 radical (unpaired) electrons. The van der Waals surface area contributed by atoms with Gasteiger partial charge in [0.05, 0.1) is 6.61 Å². The molecule has 0 aromatic heterocycles. The molecule has 4 aliphatic carbocycles. The largest absolute Gasteiger partial charge is 0.395 e. The monoisotopic (exact) mass is 321 g/mol. The van der Waals surface area contributed by atoms with Crippen LogP contribution in [0.1, 0.15) is 40.7 Å². The van der Waals surface area contributed by atoms with Crippen LogP contribution in [0.4, 0.5) is 0 Å². The van der Waals surface area contributed by atoms with Gasteiger partial charge in [-0.05, 0) is 72.9 Å². The minimum atomic E-state index is 0.293. The molecule has 2 aromatic rings. The molecule has 5 aliphatic rings. The van der Waals surface area contributed by atoms with Crippen LogP contribution in [0.2, 0.25) is 0 Å². The predicted octanol–water partition coefficient (Wildman–Crippen LogP) is 3.53. The van der Waals surface area contributed by atoms with E-state index in [0.717, 1.165) is 45.2 Å². The molecule has 0 amide bonds. The summed E-state index contributed by atoms with van der Waals surface area (Å²) >= 11 is 0. The Morgan fingerprint density at radius 1 is 0.875 bits per heavy atom. The Balaban J connectivity index is 1.61. The molecule has 2 heteroatoms. The summed E-state index contributed by atoms with van der Waals surface area (Å²) in [4.78, 5) is 2.47. The van der Waals surface area contributed by atoms with Crippen molar-refractivity contribution in [2.45, 2.75) is 51.1 Å². The van der Waals surface area contributed by atoms with Crippen molar-refractivity contribution in [3.05, 3.63) is 70.3 Å². The number of likely N-dealkylation sites (tertiary alicyclic amines) is 1. The van der Waals surface area contributed by atoms with Gasteiger partial charge in [-0.15, -0.1) is 0 Å². The molecular weight excluding hydrogens is 294 g/mol. The zero-order valence-corrected chi connectivity index (χ0v) is 14.4. The maximum atomic E-state index is 9.61. The number of hydrogen-bond acceptors (Lipinski definition) is 2. The van der Waals surface area contributed by atoms with Crippen LogP contribution in [-0.2, 0) is 32.2 Å². The van der Waals surface area contributed by atoms with E-state index >= 15 is 0 Å². The van der Waals surface area contributed by atoms with Crippen LogP contribution in [0.3, 0.4) is 0 Å². The van der Waals surface area contributed by atoms with E-state index in [9.17, 15) is 5.11 Å². The Morgan fingerprint density at radius 3 is 2.29 bits per heavy atom. The number of hydrogen-bond donors (Lipinski definition) is 1. The fourth-order valence-corrected chi connectivity index (χ4v) is 4.19. The molecule has 0 unspecified atom stereocenters. The van der Waals surface area contributed by atoms with Crippen LogP contribution in [0, 0.1) is 0 Å². The highest BCUT2D eigenvalue weighted by molar-refractivity contribution is 5.35. The van der Waals surface area contributed by atoms with Crippen molar-refractivity contribution in [2.75, 3.05) is 13.2 Å². The maximum Gasteiger partial charge on any atom is 0.0587 e. The molecule has 126 valence electrons. The number of nitrogens with zero attached hydrogens (tertiary/aromatic N) is 1. The lowest BCUT2D eigenvalue weighted by Crippen LogP contribution is -2.32. The highest BCUT2D eigenvalue weighted by Gasteiger charge is 2.24. The zero-order valence-electron chi connectivity index (χ0n) is 14.4. The molecule has 2 nitrogen and oxygen atoms in total. The number of benzene rings is 2. The third kappa shape index (κ3) is 3.40. The van der Waals surface area contributed by atoms with Crippen molar-refractivity contribution in [1.82, 2.24) is 4.90 Å². The fourth-order valence-electron chi connectivity index (χ4n) is 4.19. The van der Waals surface area contributed by atoms with Gasteiger partial charge in [0, 0.05) is 12.6 Å². The van der Waals surface area contributed by atoms with Gasteiger partial charge >= 0.3 is 0 Å². The van der Waals surface area contributed by atoms with E-state index < -0.39 is 0 Å². The quantitative estimate of drug-likeness (QED) is 0.935. The van der Waals surface area contributed by atoms with E-state index in [1.807, 2.05) is 0 Å². The molecule has 2 aromatic carbocycles. The second-order valence-corrected chi connectivity index (χ2v) is 7.37. The number of aryl methyl sites for hydroxylation is 4. The summed E-state index contributed by atoms with van der Waals surface area (Å²) in [5.74, 6) is 0. The zero-order chi connectivity index (χ0) is 16.4. The molecule has 1 heterocycles. The van der Waals surface area contributed by atoms with Crippen molar-refractivity contribution < 1.29 is 5.11 Å². The number of aliphatic hydroxyl groups is 1. The maximum absolute atomic E-state index is 9.61. The summed E-state index contributed by atoms with van der Waals surface area (Å²) in [7, 11) is 0. The van der Waals surface area contributed by atoms with Gasteiger partial charge in [-0.1, -0.05) is 42.5 Å². The Bertz CT molecular complexity index is 692. The van der Waals surface area contributed by atoms with E-state index in [0.29, 0.717) is 12.6 Å². The van der Waals surface area contributed by atoms with Crippen LogP contribution in [0.5, 0.6) is 0 Å². The van der Waals surface area contributed by atoms with Crippen LogP contribution >= 0.6 is 0 Å². The summed E-state index contributed by atoms with van der Waals surface area (Å²) in [5, 5.41) is 9.61. The lowest BCUT2D eigenvalue weighted by molar-refractivity contribution is 0.153. The van der Waals surface area contributed by atoms with Crippen LogP contribution in [0.15, 0.2) is 42.5 Å². The molecule has 7 rings (SSSR count). The molecule has 1 fully saturated rings. The topological polar surface area (TPSA) is 23.5 Å². The summed E-state index contributed by atoms with van der Waals surface area (Å²) in [6.07, 6.45) is 6.78. The number of rotatable bonds is 3. The van der Waals surface area contributed by atoms with Crippen LogP contribution in [-0.4, -0.2) is 29.2 Å². The molecule has 1 aliphatic heterocycles. The molecule has 1 N–H and O–H groups in total. The second-order valence-electron chi connectivity index (χ2n) is 7.37. The molecule has 1 saturated heterocycles. The van der Waals surface area contributed by atoms with Gasteiger partial charge in [0.2, 0.25) is 0 Å². The molecule has 24 heavy (non-hydrogen) atoms. The van der Waals surface area contributed by atoms with Gasteiger partial charge in [0.25, 0.3) is 0 Å². The molecular formula is C22H27NO. The van der Waals surface area contributed by atoms with Gasteiger partial charge in [0.1, 0.15) is 0 Å². The first-order valence-corrected chi connectivity index (χ1v) is 9.35. The molecule has 0 saturated carbocycles. The lowest BCUT2D eigenvalue weighted by atomic mass is 9.93. The van der Waals surface area contributed by atoms with Crippen molar-refractivity contribution in [2.24, 2.45) is 0 Å². The van der Waals surface area contributed by atoms with Crippen molar-refractivity contribution in [1.29, 1.82) is 0 Å². The van der Waals surface area contributed by atoms with Gasteiger partial charge in [-0.3, -0.25) is 4.90 Å². The number of aliphatic hydroxyl groups excluding tert-OH is 1. The average Bonchev–Trinajstić information content (AvgIpc) is 3.05. The van der Waals surface area contributed by atoms with Gasteiger partial charge in [-0.25, -0.2) is 0 Å². The van der Waals surface area contributed by atoms with Gasteiger partial charge in [0.15, 0.2) is 0 Å². The first kappa shape index (κ1) is 15.9. The minimum Gasteiger partial charge on any atom is -0.395 e. The fraction of sp³-hybridized carbons (Fsp3) is 0.455. The highest BCUT2D eigenvalue weighted by atomic mass is 16.3. The molecule has 1 atom stereocenters. The van der Waals surface area contributed by atoms with E-state index in [-0.39, 0.29) is 0 Å². The van der Waals surface area contributed by atoms with Crippen LogP contribution in [0.25, 0.3) is 0 Å². The smallest absolute Gasteiger partial charge is 0.0587 e. The Hall–Kier alpha value is -1.64. The second kappa shape index (κ2) is 7.08. The van der Waals surface area contributed by atoms with Crippen LogP contribution < -0.4 is 0 Å². The third-order valence-electron chi connectivity index (χ3n) is 5.76. The van der Waals surface area contributed by atoms with Gasteiger partial charge < -0.3 is 5.11 Å². The lowest BCUT2D eigenvalue weighted by Gasteiger charge is -2.24. The van der Waals surface area contributed by atoms with Gasteiger partial charge in [-0.2, -0.15) is 0 Å². The Labute approximate surface area is 145 Å². The van der Waals surface area contributed by atoms with E-state index in [1.165, 1.54) is 34.2 Å². The summed E-state index contributed by atoms with van der Waals surface area (Å²) in [5.41, 5.74) is 7.27. The summed E-state index contributed by atoms with van der Waals surface area (Å²) in [6.45, 7) is 2.41. The van der Waals surface area contributed by atoms with E-state index in [4.69, 9.17) is 0 Å². The van der Waals surface area contributed by atoms with Crippen molar-refractivity contribution in [3.63, 3.8) is 0 Å². The summed E-state index contributed by atoms with van der Waals surface area (Å²) in [6, 6.07) is 16.6. The first-order valence-electron chi connectivity index (χ1n) is 9.35. The van der Waals surface area contributed by atoms with E-state index in [1.54, 1.807) is 0 Å². The minimum absolute atomic E-state index is 0.293. The van der Waals surface area contributed by atoms with E-state index in [2.05, 4.69) is 47.4 Å². The first-order chi connectivity index (χ1) is 11.8. The predicted molar refractivity (Wildman–Crippen MR) is 98.2 cm³/mol. The molecule has 0 spiro atoms. The normalized spacial score (nSPS) is 21.0. The Morgan fingerprint density at radius 2 is 1.54 bits per heavy atom.